The molecule has 0 rings (SSSR count). The first-order chi connectivity index (χ1) is 47.9. The molecule has 19 heteroatoms. The number of phosphoric acid groups is 2. The average molecular weight is 1450 g/mol. The minimum atomic E-state index is -4.96. The molecule has 0 radical (unpaired) electrons. The van der Waals surface area contributed by atoms with Crippen molar-refractivity contribution >= 4 is 39.5 Å². The lowest BCUT2D eigenvalue weighted by Crippen LogP contribution is -2.30. The van der Waals surface area contributed by atoms with Gasteiger partial charge in [0.2, 0.25) is 0 Å². The molecule has 0 aliphatic rings. The summed E-state index contributed by atoms with van der Waals surface area (Å²) in [5, 5.41) is 10.6. The van der Waals surface area contributed by atoms with E-state index in [1.807, 2.05) is 0 Å². The van der Waals surface area contributed by atoms with Crippen molar-refractivity contribution in [2.45, 2.75) is 439 Å². The van der Waals surface area contributed by atoms with E-state index in [0.29, 0.717) is 25.7 Å². The fourth-order valence-electron chi connectivity index (χ4n) is 12.4. The van der Waals surface area contributed by atoms with E-state index in [-0.39, 0.29) is 25.7 Å². The lowest BCUT2D eigenvalue weighted by molar-refractivity contribution is -0.161. The fraction of sp³-hybridized carbons (Fsp3) is 0.950. The van der Waals surface area contributed by atoms with Gasteiger partial charge >= 0.3 is 39.5 Å². The molecule has 0 saturated heterocycles. The lowest BCUT2D eigenvalue weighted by Gasteiger charge is -2.21. The van der Waals surface area contributed by atoms with Crippen LogP contribution >= 0.6 is 15.6 Å². The second-order valence-electron chi connectivity index (χ2n) is 29.8. The number of ether oxygens (including phenoxy) is 4. The van der Waals surface area contributed by atoms with E-state index < -0.39 is 97.5 Å². The summed E-state index contributed by atoms with van der Waals surface area (Å²) in [7, 11) is -9.92. The third-order valence-electron chi connectivity index (χ3n) is 18.7. The van der Waals surface area contributed by atoms with Crippen molar-refractivity contribution in [1.82, 2.24) is 0 Å². The minimum Gasteiger partial charge on any atom is -0.462 e. The van der Waals surface area contributed by atoms with Crippen LogP contribution in [0.25, 0.3) is 0 Å². The molecular formula is C80H156O17P2. The maximum absolute atomic E-state index is 13.1. The summed E-state index contributed by atoms with van der Waals surface area (Å²) in [5.41, 5.74) is 0. The van der Waals surface area contributed by atoms with Crippen molar-refractivity contribution in [2.75, 3.05) is 39.6 Å². The maximum Gasteiger partial charge on any atom is 0.472 e. The topological polar surface area (TPSA) is 237 Å². The Morgan fingerprint density at radius 1 is 0.273 bits per heavy atom. The van der Waals surface area contributed by atoms with Gasteiger partial charge in [0, 0.05) is 25.7 Å². The molecule has 0 fully saturated rings. The van der Waals surface area contributed by atoms with Gasteiger partial charge in [-0.25, -0.2) is 9.13 Å². The Labute approximate surface area is 607 Å². The Kier molecular flexibility index (Phi) is 70.3. The largest absolute Gasteiger partial charge is 0.472 e. The van der Waals surface area contributed by atoms with Crippen LogP contribution in [-0.4, -0.2) is 96.7 Å². The van der Waals surface area contributed by atoms with Gasteiger partial charge in [-0.1, -0.05) is 369 Å². The van der Waals surface area contributed by atoms with Crippen LogP contribution in [0.5, 0.6) is 0 Å². The van der Waals surface area contributed by atoms with Gasteiger partial charge in [-0.15, -0.1) is 0 Å². The molecular weight excluding hydrogens is 1290 g/mol. The molecule has 588 valence electrons. The standard InChI is InChI=1S/C80H156O17P2/c1-7-9-11-13-15-17-19-21-22-25-28-32-39-45-51-57-63-78(83)91-68-75(96-79(84)64-58-52-46-40-33-29-26-23-24-27-30-36-42-48-54-60-72(3)4)70-94-98(86,87)92-66-74(81)67-93-99(88,89)95-71-76(69-90-77(82)62-56-50-44-38-31-20-18-16-14-12-10-8-2)97-80(85)65-59-53-47-41-35-34-37-43-49-55-61-73(5)6/h72-76,81H,7-71H2,1-6H3,(H,86,87)(H,88,89)/t74-,75-,76-/m1/s1. The first kappa shape index (κ1) is 97.1. The lowest BCUT2D eigenvalue weighted by atomic mass is 10.0. The van der Waals surface area contributed by atoms with E-state index in [2.05, 4.69) is 41.5 Å². The van der Waals surface area contributed by atoms with Gasteiger partial charge in [-0.3, -0.25) is 37.3 Å². The molecule has 0 amide bonds. The molecule has 0 spiro atoms. The Morgan fingerprint density at radius 3 is 0.687 bits per heavy atom. The van der Waals surface area contributed by atoms with Crippen molar-refractivity contribution in [3.8, 4) is 0 Å². The molecule has 5 atom stereocenters. The maximum atomic E-state index is 13.1. The van der Waals surface area contributed by atoms with Crippen LogP contribution in [0.3, 0.4) is 0 Å². The van der Waals surface area contributed by atoms with Gasteiger partial charge in [0.1, 0.15) is 19.3 Å². The highest BCUT2D eigenvalue weighted by Crippen LogP contribution is 2.45. The van der Waals surface area contributed by atoms with Crippen molar-refractivity contribution in [3.63, 3.8) is 0 Å². The summed E-state index contributed by atoms with van der Waals surface area (Å²) >= 11 is 0. The first-order valence-corrected chi connectivity index (χ1v) is 44.5. The minimum absolute atomic E-state index is 0.106. The molecule has 3 N–H and O–H groups in total. The number of hydrogen-bond acceptors (Lipinski definition) is 15. The van der Waals surface area contributed by atoms with Crippen LogP contribution in [0, 0.1) is 11.8 Å². The van der Waals surface area contributed by atoms with E-state index in [9.17, 15) is 43.2 Å². The average Bonchev–Trinajstić information content (AvgIpc) is 0.953. The van der Waals surface area contributed by atoms with Gasteiger partial charge in [-0.2, -0.15) is 0 Å². The summed E-state index contributed by atoms with van der Waals surface area (Å²) < 4.78 is 68.7. The third-order valence-corrected chi connectivity index (χ3v) is 20.6. The van der Waals surface area contributed by atoms with Gasteiger partial charge in [0.05, 0.1) is 26.4 Å². The van der Waals surface area contributed by atoms with Crippen molar-refractivity contribution in [2.24, 2.45) is 11.8 Å². The van der Waals surface area contributed by atoms with E-state index in [1.165, 1.54) is 238 Å². The zero-order chi connectivity index (χ0) is 72.8. The predicted molar refractivity (Wildman–Crippen MR) is 405 cm³/mol. The zero-order valence-corrected chi connectivity index (χ0v) is 66.6. The molecule has 99 heavy (non-hydrogen) atoms. The van der Waals surface area contributed by atoms with E-state index in [1.54, 1.807) is 0 Å². The second kappa shape index (κ2) is 71.7. The summed E-state index contributed by atoms with van der Waals surface area (Å²) in [5.74, 6) is -0.553. The van der Waals surface area contributed by atoms with Crippen molar-refractivity contribution < 1.29 is 80.2 Å². The molecule has 17 nitrogen and oxygen atoms in total. The molecule has 0 aromatic rings. The number of carbonyl (C=O) groups is 4. The highest BCUT2D eigenvalue weighted by molar-refractivity contribution is 7.47. The quantitative estimate of drug-likeness (QED) is 0.0222. The highest BCUT2D eigenvalue weighted by atomic mass is 31.2. The number of aliphatic hydroxyl groups is 1. The first-order valence-electron chi connectivity index (χ1n) is 41.5. The van der Waals surface area contributed by atoms with Crippen LogP contribution in [0.4, 0.5) is 0 Å². The number of esters is 4. The fourth-order valence-corrected chi connectivity index (χ4v) is 13.9. The molecule has 0 aromatic heterocycles. The van der Waals surface area contributed by atoms with Crippen LogP contribution in [0.15, 0.2) is 0 Å². The van der Waals surface area contributed by atoms with Gasteiger partial charge in [-0.05, 0) is 37.5 Å². The zero-order valence-electron chi connectivity index (χ0n) is 64.8. The summed E-state index contributed by atoms with van der Waals surface area (Å²) in [4.78, 5) is 73.0. The van der Waals surface area contributed by atoms with Gasteiger partial charge in [0.15, 0.2) is 12.2 Å². The second-order valence-corrected chi connectivity index (χ2v) is 32.7. The van der Waals surface area contributed by atoms with E-state index >= 15 is 0 Å². The molecule has 2 unspecified atom stereocenters. The van der Waals surface area contributed by atoms with Crippen molar-refractivity contribution in [3.05, 3.63) is 0 Å². The number of aliphatic hydroxyl groups excluding tert-OH is 1. The molecule has 0 aliphatic carbocycles. The smallest absolute Gasteiger partial charge is 0.462 e. The van der Waals surface area contributed by atoms with Gasteiger partial charge < -0.3 is 33.8 Å². The number of rotatable bonds is 79. The Morgan fingerprint density at radius 2 is 0.465 bits per heavy atom. The Balaban J connectivity index is 5.26. The van der Waals surface area contributed by atoms with Crippen LogP contribution in [0.1, 0.15) is 420 Å². The SMILES string of the molecule is CCCCCCCCCCCCCCCCCCC(=O)OC[C@H](COP(=O)(O)OC[C@@H](O)COP(=O)(O)OC[C@@H](COC(=O)CCCCCCCCCCCCCC)OC(=O)CCCCCCCCCCCCC(C)C)OC(=O)CCCCCCCCCCCCCCCCCC(C)C. The molecule has 0 heterocycles. The summed E-state index contributed by atoms with van der Waals surface area (Å²) in [6, 6.07) is 0. The van der Waals surface area contributed by atoms with E-state index in [4.69, 9.17) is 37.0 Å². The summed E-state index contributed by atoms with van der Waals surface area (Å²) in [6.07, 6.45) is 60.9. The predicted octanol–water partition coefficient (Wildman–Crippen LogP) is 23.9. The highest BCUT2D eigenvalue weighted by Gasteiger charge is 2.30. The Hall–Kier alpha value is -1.94. The molecule has 0 saturated carbocycles. The normalized spacial score (nSPS) is 13.9. The monoisotopic (exact) mass is 1450 g/mol. The van der Waals surface area contributed by atoms with Crippen molar-refractivity contribution in [1.29, 1.82) is 0 Å². The van der Waals surface area contributed by atoms with Crippen LogP contribution < -0.4 is 0 Å². The summed E-state index contributed by atoms with van der Waals surface area (Å²) in [6.45, 7) is 9.65. The van der Waals surface area contributed by atoms with Crippen LogP contribution in [-0.2, 0) is 65.4 Å². The van der Waals surface area contributed by atoms with Crippen LogP contribution in [0.2, 0.25) is 0 Å². The molecule has 0 aliphatic heterocycles. The number of unbranched alkanes of at least 4 members (excludes halogenated alkanes) is 49. The number of hydrogen-bond donors (Lipinski definition) is 3. The van der Waals surface area contributed by atoms with E-state index in [0.717, 1.165) is 102 Å². The molecule has 0 bridgehead atoms. The third kappa shape index (κ3) is 74.1. The number of phosphoric ester groups is 2. The van der Waals surface area contributed by atoms with Gasteiger partial charge in [0.25, 0.3) is 0 Å². The Bertz CT molecular complexity index is 1910. The molecule has 0 aromatic carbocycles. The number of carbonyl (C=O) groups excluding carboxylic acids is 4.